The third-order valence-corrected chi connectivity index (χ3v) is 4.63. The molecular formula is C14H14BrClN2O. The Morgan fingerprint density at radius 2 is 2.37 bits per heavy atom. The first-order valence-electron chi connectivity index (χ1n) is 6.31. The Labute approximate surface area is 125 Å². The van der Waals surface area contributed by atoms with Crippen molar-refractivity contribution < 1.29 is 4.74 Å². The summed E-state index contributed by atoms with van der Waals surface area (Å²) >= 11 is 9.87. The lowest BCUT2D eigenvalue weighted by atomic mass is 10.1. The molecule has 3 nitrogen and oxygen atoms in total. The summed E-state index contributed by atoms with van der Waals surface area (Å²) in [7, 11) is 0. The number of hydrogen-bond acceptors (Lipinski definition) is 2. The number of hydrogen-bond donors (Lipinski definition) is 0. The predicted octanol–water partition coefficient (Wildman–Crippen LogP) is 4.79. The van der Waals surface area contributed by atoms with Crippen molar-refractivity contribution in [1.82, 2.24) is 9.78 Å². The van der Waals surface area contributed by atoms with Crippen molar-refractivity contribution >= 4 is 44.5 Å². The van der Waals surface area contributed by atoms with Crippen molar-refractivity contribution in [3.8, 4) is 0 Å². The van der Waals surface area contributed by atoms with Crippen LogP contribution in [-0.4, -0.2) is 16.4 Å². The molecule has 1 aliphatic heterocycles. The van der Waals surface area contributed by atoms with E-state index < -0.39 is 0 Å². The molecule has 0 bridgehead atoms. The van der Waals surface area contributed by atoms with E-state index >= 15 is 0 Å². The largest absolute Gasteiger partial charge is 0.356 e. The van der Waals surface area contributed by atoms with Gasteiger partial charge in [-0.2, -0.15) is 5.10 Å². The summed E-state index contributed by atoms with van der Waals surface area (Å²) in [5, 5.41) is 6.17. The van der Waals surface area contributed by atoms with Crippen LogP contribution in [0, 0.1) is 0 Å². The molecule has 1 atom stereocenters. The molecule has 1 saturated heterocycles. The topological polar surface area (TPSA) is 27.1 Å². The maximum atomic E-state index is 6.29. The molecule has 1 unspecified atom stereocenters. The Morgan fingerprint density at radius 1 is 1.53 bits per heavy atom. The second-order valence-corrected chi connectivity index (χ2v) is 5.83. The van der Waals surface area contributed by atoms with Gasteiger partial charge in [-0.15, -0.1) is 0 Å². The Kier molecular flexibility index (Phi) is 3.65. The molecule has 0 aliphatic carbocycles. The van der Waals surface area contributed by atoms with Gasteiger partial charge in [0.1, 0.15) is 0 Å². The Bertz CT molecular complexity index is 632. The second-order valence-electron chi connectivity index (χ2n) is 4.63. The van der Waals surface area contributed by atoms with Gasteiger partial charge in [-0.25, -0.2) is 4.68 Å². The van der Waals surface area contributed by atoms with Crippen LogP contribution in [0.2, 0.25) is 5.02 Å². The lowest BCUT2D eigenvalue weighted by molar-refractivity contribution is -0.0366. The molecule has 3 rings (SSSR count). The van der Waals surface area contributed by atoms with E-state index in [1.807, 2.05) is 16.9 Å². The Hall–Kier alpha value is -0.840. The molecule has 0 saturated carbocycles. The van der Waals surface area contributed by atoms with Gasteiger partial charge < -0.3 is 4.74 Å². The number of nitrogens with zero attached hydrogens (tertiary/aromatic N) is 2. The fourth-order valence-corrected chi connectivity index (χ4v) is 3.54. The van der Waals surface area contributed by atoms with Crippen LogP contribution in [0.1, 0.15) is 31.1 Å². The van der Waals surface area contributed by atoms with Gasteiger partial charge >= 0.3 is 0 Å². The number of fused-ring (bicyclic) bond motifs is 1. The van der Waals surface area contributed by atoms with Crippen LogP contribution < -0.4 is 0 Å². The second kappa shape index (κ2) is 5.27. The molecule has 5 heteroatoms. The molecule has 0 amide bonds. The van der Waals surface area contributed by atoms with Gasteiger partial charge in [0.25, 0.3) is 0 Å². The van der Waals surface area contributed by atoms with E-state index in [-0.39, 0.29) is 6.23 Å². The van der Waals surface area contributed by atoms with Gasteiger partial charge in [-0.05, 0) is 41.3 Å². The first-order valence-corrected chi connectivity index (χ1v) is 7.48. The fraction of sp³-hybridized carbons (Fsp3) is 0.357. The highest BCUT2D eigenvalue weighted by Crippen LogP contribution is 2.36. The van der Waals surface area contributed by atoms with Crippen LogP contribution in [0.15, 0.2) is 23.3 Å². The van der Waals surface area contributed by atoms with Gasteiger partial charge in [0, 0.05) is 22.0 Å². The maximum absolute atomic E-state index is 6.29. The molecule has 1 aromatic carbocycles. The molecule has 1 aromatic heterocycles. The molecule has 1 fully saturated rings. The minimum absolute atomic E-state index is 0.0174. The summed E-state index contributed by atoms with van der Waals surface area (Å²) < 4.78 is 8.65. The molecule has 0 radical (unpaired) electrons. The third-order valence-electron chi connectivity index (χ3n) is 3.46. The molecule has 100 valence electrons. The van der Waals surface area contributed by atoms with Crippen LogP contribution >= 0.6 is 27.5 Å². The number of aromatic nitrogens is 2. The summed E-state index contributed by atoms with van der Waals surface area (Å²) in [4.78, 5) is 0. The number of rotatable bonds is 2. The normalized spacial score (nSPS) is 19.8. The van der Waals surface area contributed by atoms with E-state index in [0.717, 1.165) is 40.4 Å². The van der Waals surface area contributed by atoms with Gasteiger partial charge in [-0.3, -0.25) is 0 Å². The van der Waals surface area contributed by atoms with Crippen LogP contribution in [0.3, 0.4) is 0 Å². The summed E-state index contributed by atoms with van der Waals surface area (Å²) in [6, 6.07) is 1.93. The van der Waals surface area contributed by atoms with Crippen molar-refractivity contribution in [2.75, 3.05) is 6.61 Å². The Balaban J connectivity index is 2.15. The van der Waals surface area contributed by atoms with E-state index in [2.05, 4.69) is 27.6 Å². The van der Waals surface area contributed by atoms with Gasteiger partial charge in [0.15, 0.2) is 6.23 Å². The highest BCUT2D eigenvalue weighted by molar-refractivity contribution is 9.10. The Morgan fingerprint density at radius 3 is 3.05 bits per heavy atom. The maximum Gasteiger partial charge on any atom is 0.150 e. The van der Waals surface area contributed by atoms with Crippen molar-refractivity contribution in [3.63, 3.8) is 0 Å². The average Bonchev–Trinajstić information content (AvgIpc) is 2.84. The van der Waals surface area contributed by atoms with Gasteiger partial charge in [0.05, 0.1) is 16.7 Å². The summed E-state index contributed by atoms with van der Waals surface area (Å²) in [5.41, 5.74) is 1.90. The van der Waals surface area contributed by atoms with Crippen molar-refractivity contribution in [1.29, 1.82) is 0 Å². The molecule has 2 heterocycles. The molecule has 0 N–H and O–H groups in total. The molecule has 1 aliphatic rings. The van der Waals surface area contributed by atoms with E-state index in [1.165, 1.54) is 6.42 Å². The quantitative estimate of drug-likeness (QED) is 0.785. The zero-order chi connectivity index (χ0) is 13.4. The van der Waals surface area contributed by atoms with E-state index in [9.17, 15) is 0 Å². The van der Waals surface area contributed by atoms with Crippen molar-refractivity contribution in [2.24, 2.45) is 0 Å². The van der Waals surface area contributed by atoms with Gasteiger partial charge in [-0.1, -0.05) is 24.3 Å². The van der Waals surface area contributed by atoms with E-state index in [0.29, 0.717) is 5.02 Å². The molecule has 0 spiro atoms. The van der Waals surface area contributed by atoms with E-state index in [4.69, 9.17) is 16.3 Å². The minimum atomic E-state index is 0.0174. The first-order chi connectivity index (χ1) is 9.22. The molecular weight excluding hydrogens is 328 g/mol. The summed E-state index contributed by atoms with van der Waals surface area (Å²) in [5.74, 6) is 0. The third kappa shape index (κ3) is 2.22. The lowest BCUT2D eigenvalue weighted by Crippen LogP contribution is -2.18. The number of benzene rings is 1. The van der Waals surface area contributed by atoms with E-state index in [1.54, 1.807) is 6.08 Å². The number of ether oxygens (including phenoxy) is 1. The monoisotopic (exact) mass is 340 g/mol. The van der Waals surface area contributed by atoms with Crippen LogP contribution in [0.4, 0.5) is 0 Å². The summed E-state index contributed by atoms with van der Waals surface area (Å²) in [6.45, 7) is 4.59. The SMILES string of the molecule is C=Cc1c(Cl)cc2c(cnn2C2CCCCO2)c1Br. The van der Waals surface area contributed by atoms with Crippen molar-refractivity contribution in [2.45, 2.75) is 25.5 Å². The lowest BCUT2D eigenvalue weighted by Gasteiger charge is -2.23. The smallest absolute Gasteiger partial charge is 0.150 e. The minimum Gasteiger partial charge on any atom is -0.356 e. The van der Waals surface area contributed by atoms with Crippen molar-refractivity contribution in [3.05, 3.63) is 33.9 Å². The zero-order valence-corrected chi connectivity index (χ0v) is 12.7. The molecule has 2 aromatic rings. The predicted molar refractivity (Wildman–Crippen MR) is 81.4 cm³/mol. The zero-order valence-electron chi connectivity index (χ0n) is 10.4. The first kappa shape index (κ1) is 13.2. The van der Waals surface area contributed by atoms with Crippen LogP contribution in [0.5, 0.6) is 0 Å². The summed E-state index contributed by atoms with van der Waals surface area (Å²) in [6.07, 6.45) is 6.91. The highest BCUT2D eigenvalue weighted by Gasteiger charge is 2.20. The van der Waals surface area contributed by atoms with Gasteiger partial charge in [0.2, 0.25) is 0 Å². The fourth-order valence-electron chi connectivity index (χ4n) is 2.47. The van der Waals surface area contributed by atoms with Crippen LogP contribution in [0.25, 0.3) is 17.0 Å². The van der Waals surface area contributed by atoms with Crippen LogP contribution in [-0.2, 0) is 4.74 Å². The standard InChI is InChI=1S/C14H14BrClN2O/c1-2-9-11(16)7-12-10(14(9)15)8-17-18(12)13-5-3-4-6-19-13/h2,7-8,13H,1,3-6H2. The average molecular weight is 342 g/mol. The highest BCUT2D eigenvalue weighted by atomic mass is 79.9. The molecule has 19 heavy (non-hydrogen) atoms. The number of halogens is 2.